The predicted octanol–water partition coefficient (Wildman–Crippen LogP) is 2.43. The van der Waals surface area contributed by atoms with E-state index in [-0.39, 0.29) is 22.3 Å². The SMILES string of the molecule is C.C.C.C=O.C=O.C=O.CNC.COC.CSC. The van der Waals surface area contributed by atoms with Crippen LogP contribution in [0.2, 0.25) is 0 Å². The van der Waals surface area contributed by atoms with Crippen LogP contribution in [0.3, 0.4) is 0 Å². The molecule has 0 bridgehead atoms. The molecule has 0 aromatic carbocycles. The van der Waals surface area contributed by atoms with E-state index in [2.05, 4.69) is 10.1 Å². The number of carbonyl (C=O) groups excluding carboxylic acids is 3. The molecule has 0 aliphatic heterocycles. The van der Waals surface area contributed by atoms with Gasteiger partial charge in [-0.1, -0.05) is 22.3 Å². The molecule has 5 nitrogen and oxygen atoms in total. The fraction of sp³-hybridized carbons (Fsp3) is 0.750. The zero-order chi connectivity index (χ0) is 14.1. The second kappa shape index (κ2) is 731. The standard InChI is InChI=1S/C2H7N.C2H6O.C2H6S.3CH2O.3CH4/c3*1-3-2;3*1-2;;;/h3H,1-2H3;2*1-2H3;3*1H2;3*1H4. The van der Waals surface area contributed by atoms with Crippen LogP contribution < -0.4 is 5.32 Å². The Bertz CT molecular complexity index is 45.5. The van der Waals surface area contributed by atoms with Crippen LogP contribution in [0, 0.1) is 0 Å². The highest BCUT2D eigenvalue weighted by atomic mass is 32.2. The van der Waals surface area contributed by atoms with Crippen LogP contribution in [0.15, 0.2) is 0 Å². The highest BCUT2D eigenvalue weighted by Crippen LogP contribution is 1.70. The lowest BCUT2D eigenvalue weighted by Gasteiger charge is -1.61. The van der Waals surface area contributed by atoms with E-state index < -0.39 is 0 Å². The smallest absolute Gasteiger partial charge is 0.106 e. The first-order chi connectivity index (χ1) is 7.24. The van der Waals surface area contributed by atoms with E-state index >= 15 is 0 Å². The van der Waals surface area contributed by atoms with Crippen LogP contribution in [0.4, 0.5) is 0 Å². The maximum absolute atomic E-state index is 8.00. The zero-order valence-electron chi connectivity index (χ0n) is 10.7. The third-order valence-corrected chi connectivity index (χ3v) is 0. The molecular formula is C12H37NO4S. The first-order valence-electron chi connectivity index (χ1n) is 3.50. The summed E-state index contributed by atoms with van der Waals surface area (Å²) < 4.78 is 4.25. The molecule has 6 heteroatoms. The van der Waals surface area contributed by atoms with Crippen molar-refractivity contribution < 1.29 is 19.1 Å². The third-order valence-electron chi connectivity index (χ3n) is 0. The first kappa shape index (κ1) is 66.8. The summed E-state index contributed by atoms with van der Waals surface area (Å²) in [6.45, 7) is 6.00. The number of hydrogen-bond acceptors (Lipinski definition) is 6. The Morgan fingerprint density at radius 2 is 0.778 bits per heavy atom. The molecule has 18 heavy (non-hydrogen) atoms. The largest absolute Gasteiger partial charge is 0.388 e. The number of rotatable bonds is 0. The van der Waals surface area contributed by atoms with Crippen LogP contribution in [0.1, 0.15) is 22.3 Å². The predicted molar refractivity (Wildman–Crippen MR) is 88.9 cm³/mol. The molecular weight excluding hydrogens is 254 g/mol. The van der Waals surface area contributed by atoms with Crippen molar-refractivity contribution >= 4 is 32.1 Å². The van der Waals surface area contributed by atoms with Crippen molar-refractivity contribution in [1.82, 2.24) is 5.32 Å². The van der Waals surface area contributed by atoms with E-state index in [1.54, 1.807) is 26.0 Å². The first-order valence-corrected chi connectivity index (χ1v) is 5.13. The van der Waals surface area contributed by atoms with Gasteiger partial charge in [-0.15, -0.1) is 0 Å². The summed E-state index contributed by atoms with van der Waals surface area (Å²) >= 11 is 1.75. The Kier molecular flexibility index (Phi) is 2710. The number of thioether (sulfide) groups is 1. The summed E-state index contributed by atoms with van der Waals surface area (Å²) in [6, 6.07) is 0. The van der Waals surface area contributed by atoms with Crippen molar-refractivity contribution in [1.29, 1.82) is 0 Å². The van der Waals surface area contributed by atoms with Crippen molar-refractivity contribution in [2.45, 2.75) is 22.3 Å². The molecule has 0 rings (SSSR count). The maximum atomic E-state index is 8.00. The van der Waals surface area contributed by atoms with Gasteiger partial charge >= 0.3 is 0 Å². The Balaban J connectivity index is -0.00000000755. The molecule has 0 atom stereocenters. The van der Waals surface area contributed by atoms with E-state index in [9.17, 15) is 0 Å². The van der Waals surface area contributed by atoms with E-state index in [1.807, 2.05) is 47.0 Å². The molecule has 0 saturated carbocycles. The van der Waals surface area contributed by atoms with Gasteiger partial charge in [-0.05, 0) is 26.6 Å². The molecule has 120 valence electrons. The molecule has 0 amide bonds. The highest BCUT2D eigenvalue weighted by Gasteiger charge is 1.32. The van der Waals surface area contributed by atoms with E-state index in [1.165, 1.54) is 0 Å². The molecule has 0 saturated heterocycles. The number of methoxy groups -OCH3 is 1. The topological polar surface area (TPSA) is 72.5 Å². The van der Waals surface area contributed by atoms with Crippen molar-refractivity contribution in [2.75, 3.05) is 40.8 Å². The molecule has 0 aliphatic rings. The number of hydrogen-bond donors (Lipinski definition) is 1. The highest BCUT2D eigenvalue weighted by molar-refractivity contribution is 7.97. The summed E-state index contributed by atoms with van der Waals surface area (Å²) in [5.41, 5.74) is 0. The fourth-order valence-corrected chi connectivity index (χ4v) is 0. The average molecular weight is 291 g/mol. The number of carbonyl (C=O) groups is 3. The third kappa shape index (κ3) is 6010. The quantitative estimate of drug-likeness (QED) is 0.739. The average Bonchev–Trinajstić information content (AvgIpc) is 2.29. The van der Waals surface area contributed by atoms with Gasteiger partial charge < -0.3 is 24.4 Å². The molecule has 0 aliphatic carbocycles. The van der Waals surface area contributed by atoms with Crippen LogP contribution in [-0.4, -0.2) is 61.2 Å². The van der Waals surface area contributed by atoms with Gasteiger partial charge in [-0.2, -0.15) is 11.8 Å². The minimum atomic E-state index is 0. The minimum absolute atomic E-state index is 0. The van der Waals surface area contributed by atoms with Gasteiger partial charge in [0.15, 0.2) is 0 Å². The van der Waals surface area contributed by atoms with Crippen molar-refractivity contribution in [3.05, 3.63) is 0 Å². The number of nitrogens with one attached hydrogen (secondary N) is 1. The van der Waals surface area contributed by atoms with Crippen LogP contribution in [-0.2, 0) is 19.1 Å². The Morgan fingerprint density at radius 1 is 0.778 bits per heavy atom. The summed E-state index contributed by atoms with van der Waals surface area (Å²) in [5, 5.41) is 2.75. The van der Waals surface area contributed by atoms with E-state index in [0.717, 1.165) is 0 Å². The van der Waals surface area contributed by atoms with Crippen LogP contribution in [0.5, 0.6) is 0 Å². The maximum Gasteiger partial charge on any atom is 0.106 e. The van der Waals surface area contributed by atoms with Gasteiger partial charge in [0, 0.05) is 14.2 Å². The van der Waals surface area contributed by atoms with Gasteiger partial charge in [0.2, 0.25) is 0 Å². The van der Waals surface area contributed by atoms with Gasteiger partial charge in [0.1, 0.15) is 20.4 Å². The van der Waals surface area contributed by atoms with E-state index in [0.29, 0.717) is 0 Å². The summed E-state index contributed by atoms with van der Waals surface area (Å²) in [7, 11) is 7.00. The normalized spacial score (nSPS) is 3.67. The Labute approximate surface area is 120 Å². The molecule has 0 unspecified atom stereocenters. The Hall–Kier alpha value is -0.720. The van der Waals surface area contributed by atoms with Gasteiger partial charge in [-0.25, -0.2) is 0 Å². The molecule has 0 spiro atoms. The number of ether oxygens (including phenoxy) is 1. The molecule has 0 aromatic heterocycles. The van der Waals surface area contributed by atoms with Crippen molar-refractivity contribution in [3.63, 3.8) is 0 Å². The fourth-order valence-electron chi connectivity index (χ4n) is 0. The van der Waals surface area contributed by atoms with Gasteiger partial charge in [-0.3, -0.25) is 0 Å². The summed E-state index contributed by atoms with van der Waals surface area (Å²) in [6.07, 6.45) is 4.08. The molecule has 0 radical (unpaired) electrons. The molecule has 0 fully saturated rings. The molecule has 0 aromatic rings. The van der Waals surface area contributed by atoms with Crippen molar-refractivity contribution in [2.24, 2.45) is 0 Å². The van der Waals surface area contributed by atoms with E-state index in [4.69, 9.17) is 14.4 Å². The molecule has 0 heterocycles. The summed E-state index contributed by atoms with van der Waals surface area (Å²) in [5.74, 6) is 0. The van der Waals surface area contributed by atoms with Gasteiger partial charge in [0.25, 0.3) is 0 Å². The lowest BCUT2D eigenvalue weighted by atomic mass is 11.3. The lowest BCUT2D eigenvalue weighted by Crippen LogP contribution is -1.89. The summed E-state index contributed by atoms with van der Waals surface area (Å²) in [4.78, 5) is 24.0. The lowest BCUT2D eigenvalue weighted by molar-refractivity contribution is -0.0987. The minimum Gasteiger partial charge on any atom is -0.388 e. The monoisotopic (exact) mass is 291 g/mol. The second-order valence-corrected chi connectivity index (χ2v) is 2.13. The van der Waals surface area contributed by atoms with Gasteiger partial charge in [0.05, 0.1) is 0 Å². The van der Waals surface area contributed by atoms with Crippen molar-refractivity contribution in [3.8, 4) is 0 Å². The van der Waals surface area contributed by atoms with Crippen LogP contribution in [0.25, 0.3) is 0 Å². The molecule has 1 N–H and O–H groups in total. The second-order valence-electron chi connectivity index (χ2n) is 1.32. The Morgan fingerprint density at radius 3 is 0.778 bits per heavy atom. The van der Waals surface area contributed by atoms with Crippen LogP contribution >= 0.6 is 11.8 Å². The zero-order valence-corrected chi connectivity index (χ0v) is 11.5.